The molecule has 0 spiro atoms. The van der Waals surface area contributed by atoms with E-state index in [1.54, 1.807) is 31.2 Å². The minimum absolute atomic E-state index is 0.169. The molecule has 0 bridgehead atoms. The zero-order valence-electron chi connectivity index (χ0n) is 10.7. The van der Waals surface area contributed by atoms with Crippen LogP contribution in [-0.2, 0) is 0 Å². The van der Waals surface area contributed by atoms with Gasteiger partial charge < -0.3 is 10.4 Å². The van der Waals surface area contributed by atoms with Gasteiger partial charge in [-0.2, -0.15) is 0 Å². The van der Waals surface area contributed by atoms with E-state index in [1.165, 1.54) is 6.07 Å². The summed E-state index contributed by atoms with van der Waals surface area (Å²) in [6, 6.07) is 10.5. The molecule has 0 saturated heterocycles. The van der Waals surface area contributed by atoms with Crippen LogP contribution >= 0.6 is 15.9 Å². The molecule has 3 nitrogen and oxygen atoms in total. The second-order valence-electron chi connectivity index (χ2n) is 4.42. The van der Waals surface area contributed by atoms with Gasteiger partial charge in [0, 0.05) is 21.8 Å². The van der Waals surface area contributed by atoms with Crippen LogP contribution in [0.3, 0.4) is 0 Å². The van der Waals surface area contributed by atoms with Crippen molar-refractivity contribution in [3.63, 3.8) is 0 Å². The minimum Gasteiger partial charge on any atom is -0.508 e. The molecule has 2 rings (SSSR count). The van der Waals surface area contributed by atoms with Gasteiger partial charge >= 0.3 is 0 Å². The molecule has 0 aliphatic carbocycles. The second-order valence-corrected chi connectivity index (χ2v) is 5.27. The smallest absolute Gasteiger partial charge is 0.255 e. The standard InChI is InChI=1S/C15H14BrNO2/c1-9-3-5-11(7-13(9)16)15(19)17-12-6-4-10(2)14(18)8-12/h3-8,18H,1-2H3,(H,17,19). The Hall–Kier alpha value is -1.81. The molecule has 0 aliphatic heterocycles. The van der Waals surface area contributed by atoms with E-state index >= 15 is 0 Å². The molecule has 0 unspecified atom stereocenters. The van der Waals surface area contributed by atoms with Crippen molar-refractivity contribution in [2.24, 2.45) is 0 Å². The normalized spacial score (nSPS) is 10.3. The first kappa shape index (κ1) is 13.6. The minimum atomic E-state index is -0.205. The number of amides is 1. The lowest BCUT2D eigenvalue weighted by atomic mass is 10.1. The number of hydrogen-bond acceptors (Lipinski definition) is 2. The summed E-state index contributed by atoms with van der Waals surface area (Å²) in [4.78, 5) is 12.1. The van der Waals surface area contributed by atoms with Gasteiger partial charge in [0.2, 0.25) is 0 Å². The highest BCUT2D eigenvalue weighted by molar-refractivity contribution is 9.10. The highest BCUT2D eigenvalue weighted by Crippen LogP contribution is 2.22. The molecule has 0 radical (unpaired) electrons. The predicted octanol–water partition coefficient (Wildman–Crippen LogP) is 4.02. The van der Waals surface area contributed by atoms with Gasteiger partial charge in [-0.15, -0.1) is 0 Å². The van der Waals surface area contributed by atoms with Crippen molar-refractivity contribution in [1.29, 1.82) is 0 Å². The number of aromatic hydroxyl groups is 1. The Kier molecular flexibility index (Phi) is 3.90. The van der Waals surface area contributed by atoms with E-state index in [1.807, 2.05) is 13.0 Å². The topological polar surface area (TPSA) is 49.3 Å². The van der Waals surface area contributed by atoms with Crippen LogP contribution < -0.4 is 5.32 Å². The SMILES string of the molecule is Cc1ccc(NC(=O)c2ccc(C)c(Br)c2)cc1O. The van der Waals surface area contributed by atoms with Crippen LogP contribution in [0.15, 0.2) is 40.9 Å². The molecular formula is C15H14BrNO2. The van der Waals surface area contributed by atoms with Gasteiger partial charge in [0.25, 0.3) is 5.91 Å². The summed E-state index contributed by atoms with van der Waals surface area (Å²) in [6.45, 7) is 3.77. The Morgan fingerprint density at radius 1 is 1.11 bits per heavy atom. The molecule has 0 atom stereocenters. The molecular weight excluding hydrogens is 306 g/mol. The molecule has 0 heterocycles. The van der Waals surface area contributed by atoms with Crippen LogP contribution in [0.25, 0.3) is 0 Å². The number of benzene rings is 2. The van der Waals surface area contributed by atoms with E-state index in [4.69, 9.17) is 0 Å². The van der Waals surface area contributed by atoms with E-state index < -0.39 is 0 Å². The summed E-state index contributed by atoms with van der Waals surface area (Å²) in [5, 5.41) is 12.4. The Labute approximate surface area is 120 Å². The third kappa shape index (κ3) is 3.15. The van der Waals surface area contributed by atoms with Crippen molar-refractivity contribution in [1.82, 2.24) is 0 Å². The van der Waals surface area contributed by atoms with Crippen molar-refractivity contribution >= 4 is 27.5 Å². The van der Waals surface area contributed by atoms with Crippen LogP contribution in [0.1, 0.15) is 21.5 Å². The summed E-state index contributed by atoms with van der Waals surface area (Å²) in [7, 11) is 0. The van der Waals surface area contributed by atoms with Crippen molar-refractivity contribution in [2.75, 3.05) is 5.32 Å². The maximum Gasteiger partial charge on any atom is 0.255 e. The largest absolute Gasteiger partial charge is 0.508 e. The number of phenols is 1. The van der Waals surface area contributed by atoms with E-state index in [0.717, 1.165) is 15.6 Å². The molecule has 2 N–H and O–H groups in total. The molecule has 2 aromatic rings. The van der Waals surface area contributed by atoms with E-state index in [-0.39, 0.29) is 11.7 Å². The number of rotatable bonds is 2. The monoisotopic (exact) mass is 319 g/mol. The van der Waals surface area contributed by atoms with Gasteiger partial charge in [0.1, 0.15) is 5.75 Å². The molecule has 1 amide bonds. The molecule has 0 aliphatic rings. The predicted molar refractivity (Wildman–Crippen MR) is 79.7 cm³/mol. The van der Waals surface area contributed by atoms with Crippen molar-refractivity contribution in [2.45, 2.75) is 13.8 Å². The molecule has 19 heavy (non-hydrogen) atoms. The number of carbonyl (C=O) groups excluding carboxylic acids is 1. The van der Waals surface area contributed by atoms with E-state index in [9.17, 15) is 9.90 Å². The summed E-state index contributed by atoms with van der Waals surface area (Å²) in [5.41, 5.74) is 2.99. The summed E-state index contributed by atoms with van der Waals surface area (Å²) in [5.74, 6) is -0.0353. The van der Waals surface area contributed by atoms with E-state index in [0.29, 0.717) is 11.3 Å². The third-order valence-corrected chi connectivity index (χ3v) is 3.76. The maximum atomic E-state index is 12.1. The van der Waals surface area contributed by atoms with Gasteiger partial charge in [0.15, 0.2) is 0 Å². The lowest BCUT2D eigenvalue weighted by molar-refractivity contribution is 0.102. The van der Waals surface area contributed by atoms with Crippen LogP contribution in [0.5, 0.6) is 5.75 Å². The maximum absolute atomic E-state index is 12.1. The highest BCUT2D eigenvalue weighted by atomic mass is 79.9. The molecule has 0 fully saturated rings. The Bertz CT molecular complexity index is 638. The number of halogens is 1. The van der Waals surface area contributed by atoms with Crippen LogP contribution in [-0.4, -0.2) is 11.0 Å². The molecule has 0 aromatic heterocycles. The highest BCUT2D eigenvalue weighted by Gasteiger charge is 2.08. The fraction of sp³-hybridized carbons (Fsp3) is 0.133. The van der Waals surface area contributed by atoms with E-state index in [2.05, 4.69) is 21.2 Å². The number of carbonyl (C=O) groups is 1. The van der Waals surface area contributed by atoms with Crippen molar-refractivity contribution < 1.29 is 9.90 Å². The Balaban J connectivity index is 2.20. The first-order valence-electron chi connectivity index (χ1n) is 5.84. The summed E-state index contributed by atoms with van der Waals surface area (Å²) < 4.78 is 0.895. The fourth-order valence-electron chi connectivity index (χ4n) is 1.62. The first-order valence-corrected chi connectivity index (χ1v) is 6.64. The van der Waals surface area contributed by atoms with Gasteiger partial charge in [0.05, 0.1) is 0 Å². The Morgan fingerprint density at radius 2 is 1.79 bits per heavy atom. The quantitative estimate of drug-likeness (QED) is 0.878. The average Bonchev–Trinajstić information content (AvgIpc) is 2.37. The zero-order valence-corrected chi connectivity index (χ0v) is 12.3. The Morgan fingerprint density at radius 3 is 2.42 bits per heavy atom. The molecule has 0 saturated carbocycles. The van der Waals surface area contributed by atoms with Crippen LogP contribution in [0.4, 0.5) is 5.69 Å². The van der Waals surface area contributed by atoms with Crippen molar-refractivity contribution in [3.05, 3.63) is 57.6 Å². The summed E-state index contributed by atoms with van der Waals surface area (Å²) >= 11 is 3.40. The van der Waals surface area contributed by atoms with Gasteiger partial charge in [-0.3, -0.25) is 4.79 Å². The lowest BCUT2D eigenvalue weighted by Crippen LogP contribution is -2.11. The van der Waals surface area contributed by atoms with Crippen LogP contribution in [0, 0.1) is 13.8 Å². The molecule has 2 aromatic carbocycles. The van der Waals surface area contributed by atoms with Crippen molar-refractivity contribution in [3.8, 4) is 5.75 Å². The summed E-state index contributed by atoms with van der Waals surface area (Å²) in [6.07, 6.45) is 0. The van der Waals surface area contributed by atoms with Gasteiger partial charge in [-0.1, -0.05) is 28.1 Å². The fourth-order valence-corrected chi connectivity index (χ4v) is 2.00. The van der Waals surface area contributed by atoms with Gasteiger partial charge in [-0.25, -0.2) is 0 Å². The van der Waals surface area contributed by atoms with Crippen LogP contribution in [0.2, 0.25) is 0 Å². The number of nitrogens with one attached hydrogen (secondary N) is 1. The molecule has 4 heteroatoms. The number of anilines is 1. The van der Waals surface area contributed by atoms with Gasteiger partial charge in [-0.05, 0) is 43.2 Å². The third-order valence-electron chi connectivity index (χ3n) is 2.90. The second kappa shape index (κ2) is 5.45. The number of phenolic OH excluding ortho intramolecular Hbond substituents is 1. The zero-order chi connectivity index (χ0) is 14.0. The number of aryl methyl sites for hydroxylation is 2. The number of hydrogen-bond donors (Lipinski definition) is 2. The molecule has 98 valence electrons. The lowest BCUT2D eigenvalue weighted by Gasteiger charge is -2.08. The first-order chi connectivity index (χ1) is 8.97. The average molecular weight is 320 g/mol.